The third-order valence-electron chi connectivity index (χ3n) is 4.22. The van der Waals surface area contributed by atoms with E-state index < -0.39 is 0 Å². The van der Waals surface area contributed by atoms with Gasteiger partial charge in [0.1, 0.15) is 0 Å². The molecule has 4 nitrogen and oxygen atoms in total. The number of nitrogens with one attached hydrogen (secondary N) is 1. The fraction of sp³-hybridized carbons (Fsp3) is 0.667. The lowest BCUT2D eigenvalue weighted by molar-refractivity contribution is 0.146. The zero-order valence-electron chi connectivity index (χ0n) is 12.5. The number of rotatable bonds is 4. The molecule has 1 aromatic heterocycles. The molecule has 0 amide bonds. The standard InChI is InChI=1S/C15H24BrN3O/c1-11(9-19-10-13(16)6-7-15(19)20)17-14-5-4-8-18(3)12(14)2/h6-7,10-12,14,17H,4-5,8-9H2,1-3H3. The summed E-state index contributed by atoms with van der Waals surface area (Å²) in [5, 5.41) is 3.68. The molecular weight excluding hydrogens is 318 g/mol. The number of hydrogen-bond donors (Lipinski definition) is 1. The van der Waals surface area contributed by atoms with Gasteiger partial charge in [-0.2, -0.15) is 0 Å². The van der Waals surface area contributed by atoms with E-state index in [1.54, 1.807) is 16.7 Å². The zero-order chi connectivity index (χ0) is 14.7. The van der Waals surface area contributed by atoms with Crippen LogP contribution in [0.25, 0.3) is 0 Å². The summed E-state index contributed by atoms with van der Waals surface area (Å²) in [5.41, 5.74) is 0.0515. The average Bonchev–Trinajstić information content (AvgIpc) is 2.39. The van der Waals surface area contributed by atoms with Gasteiger partial charge in [-0.1, -0.05) is 0 Å². The number of pyridine rings is 1. The van der Waals surface area contributed by atoms with E-state index in [9.17, 15) is 4.79 Å². The van der Waals surface area contributed by atoms with Crippen molar-refractivity contribution in [3.63, 3.8) is 0 Å². The second-order valence-electron chi connectivity index (χ2n) is 5.88. The highest BCUT2D eigenvalue weighted by Crippen LogP contribution is 2.16. The highest BCUT2D eigenvalue weighted by molar-refractivity contribution is 9.10. The van der Waals surface area contributed by atoms with Crippen LogP contribution in [0, 0.1) is 0 Å². The summed E-state index contributed by atoms with van der Waals surface area (Å²) in [6.45, 7) is 6.30. The number of likely N-dealkylation sites (N-methyl/N-ethyl adjacent to an activating group) is 1. The number of likely N-dealkylation sites (tertiary alicyclic amines) is 1. The molecule has 1 aromatic rings. The normalized spacial score (nSPS) is 25.6. The van der Waals surface area contributed by atoms with Gasteiger partial charge in [0.2, 0.25) is 0 Å². The molecule has 1 fully saturated rings. The van der Waals surface area contributed by atoms with Crippen molar-refractivity contribution in [2.75, 3.05) is 13.6 Å². The third-order valence-corrected chi connectivity index (χ3v) is 4.69. The van der Waals surface area contributed by atoms with Gasteiger partial charge in [-0.05, 0) is 62.3 Å². The average molecular weight is 342 g/mol. The molecule has 112 valence electrons. The summed E-state index contributed by atoms with van der Waals surface area (Å²) in [6.07, 6.45) is 4.31. The molecule has 0 radical (unpaired) electrons. The molecule has 0 spiro atoms. The Morgan fingerprint density at radius 1 is 1.50 bits per heavy atom. The highest BCUT2D eigenvalue weighted by Gasteiger charge is 2.26. The van der Waals surface area contributed by atoms with E-state index in [4.69, 9.17) is 0 Å². The maximum atomic E-state index is 11.8. The Morgan fingerprint density at radius 2 is 2.25 bits per heavy atom. The van der Waals surface area contributed by atoms with Gasteiger partial charge in [0.25, 0.3) is 5.56 Å². The summed E-state index contributed by atoms with van der Waals surface area (Å²) in [6, 6.07) is 4.72. The molecule has 2 rings (SSSR count). The number of aromatic nitrogens is 1. The number of nitrogens with zero attached hydrogens (tertiary/aromatic N) is 2. The van der Waals surface area contributed by atoms with Crippen molar-refractivity contribution in [1.82, 2.24) is 14.8 Å². The Kier molecular flexibility index (Phi) is 5.41. The summed E-state index contributed by atoms with van der Waals surface area (Å²) < 4.78 is 2.70. The van der Waals surface area contributed by atoms with Gasteiger partial charge in [-0.15, -0.1) is 0 Å². The molecule has 3 atom stereocenters. The third kappa shape index (κ3) is 3.93. The van der Waals surface area contributed by atoms with Crippen molar-refractivity contribution < 1.29 is 0 Å². The quantitative estimate of drug-likeness (QED) is 0.910. The van der Waals surface area contributed by atoms with Gasteiger partial charge in [-0.3, -0.25) is 4.79 Å². The fourth-order valence-corrected chi connectivity index (χ4v) is 3.27. The van der Waals surface area contributed by atoms with Crippen LogP contribution in [0.5, 0.6) is 0 Å². The van der Waals surface area contributed by atoms with Gasteiger partial charge in [-0.25, -0.2) is 0 Å². The van der Waals surface area contributed by atoms with Crippen LogP contribution in [0.4, 0.5) is 0 Å². The van der Waals surface area contributed by atoms with E-state index in [0.717, 1.165) is 4.47 Å². The van der Waals surface area contributed by atoms with Crippen LogP contribution in [0.3, 0.4) is 0 Å². The van der Waals surface area contributed by atoms with Crippen molar-refractivity contribution in [2.24, 2.45) is 0 Å². The molecule has 1 N–H and O–H groups in total. The first-order valence-corrected chi connectivity index (χ1v) is 8.09. The van der Waals surface area contributed by atoms with Crippen LogP contribution in [0.15, 0.2) is 27.6 Å². The molecule has 1 aliphatic rings. The van der Waals surface area contributed by atoms with Crippen molar-refractivity contribution in [3.8, 4) is 0 Å². The van der Waals surface area contributed by atoms with Crippen LogP contribution in [0.1, 0.15) is 26.7 Å². The molecule has 2 heterocycles. The van der Waals surface area contributed by atoms with Crippen LogP contribution < -0.4 is 10.9 Å². The van der Waals surface area contributed by atoms with Gasteiger partial charge in [0, 0.05) is 41.4 Å². The first-order chi connectivity index (χ1) is 9.47. The number of piperidine rings is 1. The van der Waals surface area contributed by atoms with Gasteiger partial charge < -0.3 is 14.8 Å². The molecular formula is C15H24BrN3O. The van der Waals surface area contributed by atoms with Crippen molar-refractivity contribution in [2.45, 2.75) is 51.4 Å². The summed E-state index contributed by atoms with van der Waals surface area (Å²) >= 11 is 3.42. The first kappa shape index (κ1) is 15.7. The van der Waals surface area contributed by atoms with Gasteiger partial charge in [0.15, 0.2) is 0 Å². The predicted molar refractivity (Wildman–Crippen MR) is 86.1 cm³/mol. The molecule has 20 heavy (non-hydrogen) atoms. The maximum Gasteiger partial charge on any atom is 0.250 e. The Bertz CT molecular complexity index is 502. The van der Waals surface area contributed by atoms with E-state index >= 15 is 0 Å². The second kappa shape index (κ2) is 6.87. The fourth-order valence-electron chi connectivity index (χ4n) is 2.89. The van der Waals surface area contributed by atoms with Gasteiger partial charge >= 0.3 is 0 Å². The Labute approximate surface area is 129 Å². The molecule has 3 unspecified atom stereocenters. The summed E-state index contributed by atoms with van der Waals surface area (Å²) in [5.74, 6) is 0. The molecule has 0 aromatic carbocycles. The smallest absolute Gasteiger partial charge is 0.250 e. The lowest BCUT2D eigenvalue weighted by Crippen LogP contribution is -2.54. The Morgan fingerprint density at radius 3 is 3.00 bits per heavy atom. The van der Waals surface area contributed by atoms with E-state index in [2.05, 4.69) is 47.0 Å². The van der Waals surface area contributed by atoms with Gasteiger partial charge in [0.05, 0.1) is 0 Å². The highest BCUT2D eigenvalue weighted by atomic mass is 79.9. The molecule has 1 saturated heterocycles. The summed E-state index contributed by atoms with van der Waals surface area (Å²) in [7, 11) is 2.18. The minimum absolute atomic E-state index is 0.0515. The second-order valence-corrected chi connectivity index (χ2v) is 6.79. The Balaban J connectivity index is 1.96. The van der Waals surface area contributed by atoms with E-state index in [0.29, 0.717) is 18.6 Å². The van der Waals surface area contributed by atoms with E-state index in [-0.39, 0.29) is 11.6 Å². The largest absolute Gasteiger partial charge is 0.313 e. The van der Waals surface area contributed by atoms with Crippen LogP contribution >= 0.6 is 15.9 Å². The number of halogens is 1. The van der Waals surface area contributed by atoms with E-state index in [1.165, 1.54) is 19.4 Å². The molecule has 1 aliphatic heterocycles. The minimum Gasteiger partial charge on any atom is -0.313 e. The number of hydrogen-bond acceptors (Lipinski definition) is 3. The first-order valence-electron chi connectivity index (χ1n) is 7.29. The van der Waals surface area contributed by atoms with Crippen LogP contribution in [-0.2, 0) is 6.54 Å². The van der Waals surface area contributed by atoms with Crippen molar-refractivity contribution in [3.05, 3.63) is 33.2 Å². The summed E-state index contributed by atoms with van der Waals surface area (Å²) in [4.78, 5) is 14.2. The molecule has 0 bridgehead atoms. The lowest BCUT2D eigenvalue weighted by atomic mass is 9.97. The van der Waals surface area contributed by atoms with Crippen molar-refractivity contribution >= 4 is 15.9 Å². The molecule has 0 aliphatic carbocycles. The van der Waals surface area contributed by atoms with Crippen LogP contribution in [0.2, 0.25) is 0 Å². The van der Waals surface area contributed by atoms with E-state index in [1.807, 2.05) is 6.20 Å². The minimum atomic E-state index is 0.0515. The maximum absolute atomic E-state index is 11.8. The molecule has 5 heteroatoms. The Hall–Kier alpha value is -0.650. The predicted octanol–water partition coefficient (Wildman–Crippen LogP) is 2.07. The molecule has 0 saturated carbocycles. The van der Waals surface area contributed by atoms with Crippen molar-refractivity contribution in [1.29, 1.82) is 0 Å². The SMILES string of the molecule is CC(Cn1cc(Br)ccc1=O)NC1CCCN(C)C1C. The topological polar surface area (TPSA) is 37.3 Å². The van der Waals surface area contributed by atoms with Crippen LogP contribution in [-0.4, -0.2) is 41.2 Å². The monoisotopic (exact) mass is 341 g/mol. The zero-order valence-corrected chi connectivity index (χ0v) is 14.1. The lowest BCUT2D eigenvalue weighted by Gasteiger charge is -2.39.